The molecule has 0 aliphatic carbocycles. The Labute approximate surface area is 288 Å². The molecule has 0 fully saturated rings. The molecule has 5 nitrogen and oxygen atoms in total. The van der Waals surface area contributed by atoms with E-state index in [4.69, 9.17) is 14.4 Å². The fourth-order valence-corrected chi connectivity index (χ4v) is 7.35. The highest BCUT2D eigenvalue weighted by atomic mass is 16.3. The predicted molar refractivity (Wildman–Crippen MR) is 205 cm³/mol. The van der Waals surface area contributed by atoms with E-state index in [-0.39, 0.29) is 0 Å². The second kappa shape index (κ2) is 11.5. The maximum atomic E-state index is 6.58. The van der Waals surface area contributed by atoms with Crippen LogP contribution in [0.3, 0.4) is 0 Å². The van der Waals surface area contributed by atoms with Gasteiger partial charge in [-0.25, -0.2) is 9.98 Å². The molecule has 2 aromatic heterocycles. The zero-order valence-electron chi connectivity index (χ0n) is 27.0. The van der Waals surface area contributed by atoms with Crippen molar-refractivity contribution < 1.29 is 4.42 Å². The van der Waals surface area contributed by atoms with Gasteiger partial charge in [-0.05, 0) is 59.7 Å². The smallest absolute Gasteiger partial charge is 0.159 e. The molecule has 1 unspecified atom stereocenters. The second-order valence-corrected chi connectivity index (χ2v) is 12.6. The Kier molecular flexibility index (Phi) is 6.49. The van der Waals surface area contributed by atoms with Crippen LogP contribution in [0.1, 0.15) is 22.9 Å². The van der Waals surface area contributed by atoms with Crippen LogP contribution in [0.2, 0.25) is 0 Å². The average Bonchev–Trinajstić information content (AvgIpc) is 3.74. The molecule has 10 rings (SSSR count). The number of furan rings is 1. The quantitative estimate of drug-likeness (QED) is 0.203. The van der Waals surface area contributed by atoms with Crippen molar-refractivity contribution in [2.75, 3.05) is 0 Å². The highest BCUT2D eigenvalue weighted by molar-refractivity contribution is 6.15. The Morgan fingerprint density at radius 2 is 1.16 bits per heavy atom. The van der Waals surface area contributed by atoms with Crippen LogP contribution < -0.4 is 5.32 Å². The van der Waals surface area contributed by atoms with Crippen LogP contribution in [0.15, 0.2) is 184 Å². The molecule has 0 bridgehead atoms. The number of benzene rings is 7. The summed E-state index contributed by atoms with van der Waals surface area (Å²) in [5.41, 5.74) is 10.3. The summed E-state index contributed by atoms with van der Waals surface area (Å²) in [6.45, 7) is 0. The standard InChI is InChI=1S/C45H30N4O/c1-4-14-29(15-5-1)43-46-44(30-16-6-2-7-17-30)48-45(47-43)37-27-32(28-41-42(37)35-21-11-13-23-40(35)50-41)31-24-25-39-36(26-31)34-20-10-12-22-38(34)49(39)33-18-8-3-9-19-33/h1-28,45H,(H,46,47,48). The van der Waals surface area contributed by atoms with Gasteiger partial charge in [-0.3, -0.25) is 0 Å². The first-order chi connectivity index (χ1) is 24.8. The monoisotopic (exact) mass is 642 g/mol. The lowest BCUT2D eigenvalue weighted by Crippen LogP contribution is -2.33. The van der Waals surface area contributed by atoms with Gasteiger partial charge in [-0.15, -0.1) is 0 Å². The topological polar surface area (TPSA) is 54.8 Å². The normalized spacial score (nSPS) is 14.6. The summed E-state index contributed by atoms with van der Waals surface area (Å²) in [6.07, 6.45) is -0.412. The average molecular weight is 643 g/mol. The number of amidine groups is 2. The number of para-hydroxylation sites is 3. The molecule has 0 amide bonds. The highest BCUT2D eigenvalue weighted by Gasteiger charge is 2.26. The first kappa shape index (κ1) is 28.3. The van der Waals surface area contributed by atoms with E-state index >= 15 is 0 Å². The van der Waals surface area contributed by atoms with Crippen molar-refractivity contribution in [3.05, 3.63) is 187 Å². The molecule has 0 saturated heterocycles. The van der Waals surface area contributed by atoms with Crippen molar-refractivity contribution >= 4 is 55.4 Å². The number of hydrogen-bond acceptors (Lipinski definition) is 4. The molecule has 236 valence electrons. The summed E-state index contributed by atoms with van der Waals surface area (Å²) in [5, 5.41) is 8.23. The summed E-state index contributed by atoms with van der Waals surface area (Å²) in [7, 11) is 0. The molecule has 9 aromatic rings. The Morgan fingerprint density at radius 1 is 0.500 bits per heavy atom. The molecule has 0 spiro atoms. The van der Waals surface area contributed by atoms with Gasteiger partial charge in [0.1, 0.15) is 23.2 Å². The van der Waals surface area contributed by atoms with Gasteiger partial charge in [0.05, 0.1) is 11.0 Å². The minimum absolute atomic E-state index is 0.412. The van der Waals surface area contributed by atoms with Crippen LogP contribution in [-0.4, -0.2) is 16.2 Å². The van der Waals surface area contributed by atoms with Gasteiger partial charge in [0.25, 0.3) is 0 Å². The third kappa shape index (κ3) is 4.63. The number of hydrogen-bond donors (Lipinski definition) is 1. The number of aliphatic imine (C=N–C) groups is 2. The van der Waals surface area contributed by atoms with Crippen molar-refractivity contribution in [3.8, 4) is 16.8 Å². The molecule has 0 radical (unpaired) electrons. The summed E-state index contributed by atoms with van der Waals surface area (Å²) >= 11 is 0. The Bertz CT molecular complexity index is 2780. The van der Waals surface area contributed by atoms with Crippen molar-refractivity contribution in [2.24, 2.45) is 9.98 Å². The largest absolute Gasteiger partial charge is 0.456 e. The zero-order valence-corrected chi connectivity index (χ0v) is 27.0. The van der Waals surface area contributed by atoms with Gasteiger partial charge in [0.15, 0.2) is 5.84 Å². The number of nitrogens with zero attached hydrogens (tertiary/aromatic N) is 3. The van der Waals surface area contributed by atoms with Crippen LogP contribution in [0.25, 0.3) is 60.6 Å². The summed E-state index contributed by atoms with van der Waals surface area (Å²) in [6, 6.07) is 59.1. The molecule has 1 atom stereocenters. The Morgan fingerprint density at radius 3 is 1.96 bits per heavy atom. The van der Waals surface area contributed by atoms with Crippen LogP contribution >= 0.6 is 0 Å². The molecule has 3 heterocycles. The van der Waals surface area contributed by atoms with Crippen molar-refractivity contribution in [1.29, 1.82) is 0 Å². The SMILES string of the molecule is c1ccc(C2=NC(c3cc(-c4ccc5c(c4)c4ccccc4n5-c4ccccc4)cc4oc5ccccc5c34)NC(c3ccccc3)=N2)cc1. The van der Waals surface area contributed by atoms with Gasteiger partial charge in [0.2, 0.25) is 0 Å². The number of nitrogens with one attached hydrogen (secondary N) is 1. The maximum absolute atomic E-state index is 6.58. The number of aromatic nitrogens is 1. The lowest BCUT2D eigenvalue weighted by atomic mass is 9.96. The zero-order chi connectivity index (χ0) is 33.0. The lowest BCUT2D eigenvalue weighted by Gasteiger charge is -2.24. The number of rotatable bonds is 5. The third-order valence-electron chi connectivity index (χ3n) is 9.65. The highest BCUT2D eigenvalue weighted by Crippen LogP contribution is 2.41. The van der Waals surface area contributed by atoms with Crippen molar-refractivity contribution in [3.63, 3.8) is 0 Å². The van der Waals surface area contributed by atoms with Crippen LogP contribution in [0, 0.1) is 0 Å². The fraction of sp³-hybridized carbons (Fsp3) is 0.0222. The van der Waals surface area contributed by atoms with E-state index in [0.717, 1.165) is 61.3 Å². The van der Waals surface area contributed by atoms with E-state index in [1.54, 1.807) is 0 Å². The molecule has 1 aliphatic heterocycles. The van der Waals surface area contributed by atoms with Gasteiger partial charge < -0.3 is 14.3 Å². The van der Waals surface area contributed by atoms with Crippen LogP contribution in [0.4, 0.5) is 0 Å². The number of fused-ring (bicyclic) bond motifs is 6. The fourth-order valence-electron chi connectivity index (χ4n) is 7.35. The van der Waals surface area contributed by atoms with E-state index in [1.807, 2.05) is 48.5 Å². The minimum Gasteiger partial charge on any atom is -0.456 e. The molecule has 50 heavy (non-hydrogen) atoms. The van der Waals surface area contributed by atoms with E-state index in [0.29, 0.717) is 5.84 Å². The first-order valence-electron chi connectivity index (χ1n) is 16.9. The summed E-state index contributed by atoms with van der Waals surface area (Å²) in [4.78, 5) is 10.3. The Balaban J connectivity index is 1.20. The van der Waals surface area contributed by atoms with E-state index in [2.05, 4.69) is 131 Å². The molecule has 1 aliphatic rings. The maximum Gasteiger partial charge on any atom is 0.159 e. The van der Waals surface area contributed by atoms with Crippen LogP contribution in [-0.2, 0) is 0 Å². The van der Waals surface area contributed by atoms with Crippen molar-refractivity contribution in [1.82, 2.24) is 9.88 Å². The molecule has 7 aromatic carbocycles. The molecule has 5 heteroatoms. The summed E-state index contributed by atoms with van der Waals surface area (Å²) in [5.74, 6) is 1.47. The first-order valence-corrected chi connectivity index (χ1v) is 16.9. The second-order valence-electron chi connectivity index (χ2n) is 12.6. The van der Waals surface area contributed by atoms with E-state index in [1.165, 1.54) is 21.8 Å². The predicted octanol–water partition coefficient (Wildman–Crippen LogP) is 10.8. The van der Waals surface area contributed by atoms with Crippen LogP contribution in [0.5, 0.6) is 0 Å². The van der Waals surface area contributed by atoms with Gasteiger partial charge in [0, 0.05) is 43.9 Å². The summed E-state index contributed by atoms with van der Waals surface area (Å²) < 4.78 is 8.92. The Hall–Kier alpha value is -6.72. The molecular weight excluding hydrogens is 613 g/mol. The molecule has 0 saturated carbocycles. The van der Waals surface area contributed by atoms with Crippen molar-refractivity contribution in [2.45, 2.75) is 6.17 Å². The van der Waals surface area contributed by atoms with Gasteiger partial charge >= 0.3 is 0 Å². The minimum atomic E-state index is -0.412. The van der Waals surface area contributed by atoms with Gasteiger partial charge in [-0.1, -0.05) is 121 Å². The van der Waals surface area contributed by atoms with E-state index in [9.17, 15) is 0 Å². The third-order valence-corrected chi connectivity index (χ3v) is 9.65. The lowest BCUT2D eigenvalue weighted by molar-refractivity contribution is 0.662. The molecule has 1 N–H and O–H groups in total. The van der Waals surface area contributed by atoms with Gasteiger partial charge in [-0.2, -0.15) is 0 Å². The molecular formula is C45H30N4O. The van der Waals surface area contributed by atoms with E-state index < -0.39 is 6.17 Å².